The van der Waals surface area contributed by atoms with Gasteiger partial charge in [0, 0.05) is 25.7 Å². The molecular formula is C15H20N2O3. The fraction of sp³-hybridized carbons (Fsp3) is 0.467. The number of hydrogen-bond acceptors (Lipinski definition) is 2. The minimum Gasteiger partial charge on any atom is -0.465 e. The third-order valence-electron chi connectivity index (χ3n) is 3.85. The molecule has 0 bridgehead atoms. The van der Waals surface area contributed by atoms with E-state index in [2.05, 4.69) is 5.32 Å². The summed E-state index contributed by atoms with van der Waals surface area (Å²) in [4.78, 5) is 23.8. The Bertz CT molecular complexity index is 476. The average Bonchev–Trinajstić information content (AvgIpc) is 2.48. The van der Waals surface area contributed by atoms with Gasteiger partial charge in [-0.05, 0) is 42.9 Å². The van der Waals surface area contributed by atoms with E-state index in [4.69, 9.17) is 5.11 Å². The smallest absolute Gasteiger partial charge is 0.407 e. The van der Waals surface area contributed by atoms with Gasteiger partial charge in [0.15, 0.2) is 0 Å². The lowest BCUT2D eigenvalue weighted by molar-refractivity contribution is 0.0963. The van der Waals surface area contributed by atoms with Gasteiger partial charge in [0.25, 0.3) is 5.91 Å². The van der Waals surface area contributed by atoms with Crippen LogP contribution in [0.3, 0.4) is 0 Å². The summed E-state index contributed by atoms with van der Waals surface area (Å²) in [7, 11) is 1.62. The Morgan fingerprint density at radius 2 is 1.85 bits per heavy atom. The predicted octanol–water partition coefficient (Wildman–Crippen LogP) is 1.98. The van der Waals surface area contributed by atoms with Crippen LogP contribution in [0.2, 0.25) is 0 Å². The van der Waals surface area contributed by atoms with Crippen LogP contribution in [0.5, 0.6) is 0 Å². The van der Waals surface area contributed by atoms with Gasteiger partial charge < -0.3 is 15.3 Å². The van der Waals surface area contributed by atoms with Gasteiger partial charge in [-0.2, -0.15) is 0 Å². The summed E-state index contributed by atoms with van der Waals surface area (Å²) in [5.74, 6) is 0.447. The fourth-order valence-corrected chi connectivity index (χ4v) is 2.60. The van der Waals surface area contributed by atoms with Crippen LogP contribution in [-0.2, 0) is 6.42 Å². The second-order valence-corrected chi connectivity index (χ2v) is 5.19. The first-order valence-corrected chi connectivity index (χ1v) is 6.89. The molecule has 5 heteroatoms. The highest BCUT2D eigenvalue weighted by Gasteiger charge is 2.22. The molecule has 0 spiro atoms. The average molecular weight is 276 g/mol. The van der Waals surface area contributed by atoms with E-state index in [1.165, 1.54) is 10.5 Å². The van der Waals surface area contributed by atoms with Gasteiger partial charge in [-0.3, -0.25) is 4.79 Å². The highest BCUT2D eigenvalue weighted by atomic mass is 16.4. The minimum absolute atomic E-state index is 0.0775. The van der Waals surface area contributed by atoms with E-state index in [1.807, 2.05) is 24.3 Å². The van der Waals surface area contributed by atoms with Gasteiger partial charge in [-0.25, -0.2) is 4.79 Å². The largest absolute Gasteiger partial charge is 0.465 e. The van der Waals surface area contributed by atoms with Crippen molar-refractivity contribution < 1.29 is 14.7 Å². The Morgan fingerprint density at radius 1 is 1.25 bits per heavy atom. The zero-order chi connectivity index (χ0) is 14.5. The van der Waals surface area contributed by atoms with Crippen LogP contribution in [0, 0.1) is 5.92 Å². The molecule has 1 saturated heterocycles. The first-order valence-electron chi connectivity index (χ1n) is 6.89. The van der Waals surface area contributed by atoms with Gasteiger partial charge in [0.05, 0.1) is 0 Å². The normalized spacial score (nSPS) is 15.9. The number of amides is 2. The molecule has 5 nitrogen and oxygen atoms in total. The number of piperidine rings is 1. The number of nitrogens with zero attached hydrogens (tertiary/aromatic N) is 1. The molecule has 0 aromatic heterocycles. The van der Waals surface area contributed by atoms with E-state index < -0.39 is 6.09 Å². The Morgan fingerprint density at radius 3 is 2.35 bits per heavy atom. The molecule has 0 saturated carbocycles. The highest BCUT2D eigenvalue weighted by Crippen LogP contribution is 2.22. The molecule has 1 heterocycles. The van der Waals surface area contributed by atoms with E-state index in [1.54, 1.807) is 7.05 Å². The van der Waals surface area contributed by atoms with Crippen LogP contribution < -0.4 is 5.32 Å². The van der Waals surface area contributed by atoms with E-state index in [0.29, 0.717) is 24.6 Å². The minimum atomic E-state index is -0.821. The summed E-state index contributed by atoms with van der Waals surface area (Å²) in [5, 5.41) is 11.5. The molecule has 2 amide bonds. The monoisotopic (exact) mass is 276 g/mol. The van der Waals surface area contributed by atoms with Crippen LogP contribution in [0.4, 0.5) is 4.79 Å². The number of carbonyl (C=O) groups excluding carboxylic acids is 1. The summed E-state index contributed by atoms with van der Waals surface area (Å²) in [6.45, 7) is 1.24. The molecular weight excluding hydrogens is 256 g/mol. The van der Waals surface area contributed by atoms with Crippen LogP contribution in [0.25, 0.3) is 0 Å². The molecule has 0 unspecified atom stereocenters. The maximum atomic E-state index is 11.4. The van der Waals surface area contributed by atoms with Gasteiger partial charge in [-0.15, -0.1) is 0 Å². The van der Waals surface area contributed by atoms with Crippen molar-refractivity contribution in [2.75, 3.05) is 20.1 Å². The molecule has 0 atom stereocenters. The van der Waals surface area contributed by atoms with Gasteiger partial charge in [0.2, 0.25) is 0 Å². The maximum Gasteiger partial charge on any atom is 0.407 e. The number of nitrogens with one attached hydrogen (secondary N) is 1. The number of carboxylic acid groups (broad SMARTS) is 1. The standard InChI is InChI=1S/C15H20N2O3/c1-16-14(18)13-4-2-11(3-5-13)10-12-6-8-17(9-7-12)15(19)20/h2-5,12H,6-10H2,1H3,(H,16,18)(H,19,20). The Balaban J connectivity index is 1.88. The Kier molecular flexibility index (Phi) is 4.61. The molecule has 1 aromatic carbocycles. The van der Waals surface area contributed by atoms with Crippen LogP contribution >= 0.6 is 0 Å². The molecule has 2 N–H and O–H groups in total. The second kappa shape index (κ2) is 6.41. The molecule has 1 aliphatic rings. The molecule has 108 valence electrons. The third kappa shape index (κ3) is 3.50. The highest BCUT2D eigenvalue weighted by molar-refractivity contribution is 5.93. The van der Waals surface area contributed by atoms with Gasteiger partial charge in [0.1, 0.15) is 0 Å². The number of likely N-dealkylation sites (tertiary alicyclic amines) is 1. The van der Waals surface area contributed by atoms with E-state index in [9.17, 15) is 9.59 Å². The first-order chi connectivity index (χ1) is 9.60. The summed E-state index contributed by atoms with van der Waals surface area (Å²) >= 11 is 0. The van der Waals surface area contributed by atoms with Gasteiger partial charge in [-0.1, -0.05) is 12.1 Å². The van der Waals surface area contributed by atoms with Crippen molar-refractivity contribution in [3.05, 3.63) is 35.4 Å². The zero-order valence-electron chi connectivity index (χ0n) is 11.6. The van der Waals surface area contributed by atoms with Crippen molar-refractivity contribution >= 4 is 12.0 Å². The Labute approximate surface area is 118 Å². The lowest BCUT2D eigenvalue weighted by Gasteiger charge is -2.30. The number of rotatable bonds is 3. The first kappa shape index (κ1) is 14.4. The summed E-state index contributed by atoms with van der Waals surface area (Å²) in [6, 6.07) is 7.63. The van der Waals surface area contributed by atoms with Crippen molar-refractivity contribution in [2.24, 2.45) is 5.92 Å². The van der Waals surface area contributed by atoms with E-state index in [-0.39, 0.29) is 5.91 Å². The lowest BCUT2D eigenvalue weighted by atomic mass is 9.90. The van der Waals surface area contributed by atoms with Crippen LogP contribution in [0.15, 0.2) is 24.3 Å². The van der Waals surface area contributed by atoms with Gasteiger partial charge >= 0.3 is 6.09 Å². The van der Waals surface area contributed by atoms with Crippen molar-refractivity contribution in [3.63, 3.8) is 0 Å². The maximum absolute atomic E-state index is 11.4. The topological polar surface area (TPSA) is 69.6 Å². The molecule has 1 fully saturated rings. The number of carbonyl (C=O) groups is 2. The summed E-state index contributed by atoms with van der Waals surface area (Å²) in [6.07, 6.45) is 1.94. The molecule has 2 rings (SSSR count). The molecule has 1 aromatic rings. The fourth-order valence-electron chi connectivity index (χ4n) is 2.60. The quantitative estimate of drug-likeness (QED) is 0.887. The number of benzene rings is 1. The third-order valence-corrected chi connectivity index (χ3v) is 3.85. The number of hydrogen-bond donors (Lipinski definition) is 2. The molecule has 20 heavy (non-hydrogen) atoms. The Hall–Kier alpha value is -2.04. The summed E-state index contributed by atoms with van der Waals surface area (Å²) in [5.41, 5.74) is 1.86. The molecule has 1 aliphatic heterocycles. The van der Waals surface area contributed by atoms with Crippen molar-refractivity contribution in [1.82, 2.24) is 10.2 Å². The SMILES string of the molecule is CNC(=O)c1ccc(CC2CCN(C(=O)O)CC2)cc1. The zero-order valence-corrected chi connectivity index (χ0v) is 11.6. The van der Waals surface area contributed by atoms with E-state index in [0.717, 1.165) is 19.3 Å². The van der Waals surface area contributed by atoms with Crippen molar-refractivity contribution in [1.29, 1.82) is 0 Å². The van der Waals surface area contributed by atoms with Crippen molar-refractivity contribution in [2.45, 2.75) is 19.3 Å². The molecule has 0 radical (unpaired) electrons. The van der Waals surface area contributed by atoms with E-state index >= 15 is 0 Å². The molecule has 0 aliphatic carbocycles. The van der Waals surface area contributed by atoms with Crippen molar-refractivity contribution in [3.8, 4) is 0 Å². The predicted molar refractivity (Wildman–Crippen MR) is 75.9 cm³/mol. The lowest BCUT2D eigenvalue weighted by Crippen LogP contribution is -2.37. The second-order valence-electron chi connectivity index (χ2n) is 5.19. The van der Waals surface area contributed by atoms with Crippen LogP contribution in [0.1, 0.15) is 28.8 Å². The van der Waals surface area contributed by atoms with Crippen LogP contribution in [-0.4, -0.2) is 42.1 Å². The summed E-state index contributed by atoms with van der Waals surface area (Å²) < 4.78 is 0.